The fourth-order valence-corrected chi connectivity index (χ4v) is 1.95. The molecule has 0 bridgehead atoms. The van der Waals surface area contributed by atoms with Crippen molar-refractivity contribution in [3.8, 4) is 5.88 Å². The van der Waals surface area contributed by atoms with E-state index in [1.807, 2.05) is 38.6 Å². The molecule has 0 fully saturated rings. The van der Waals surface area contributed by atoms with Gasteiger partial charge in [0, 0.05) is 38.0 Å². The molecule has 1 atom stereocenters. The minimum Gasteiger partial charge on any atom is -0.481 e. The molecule has 2 aromatic rings. The second kappa shape index (κ2) is 6.29. The van der Waals surface area contributed by atoms with Gasteiger partial charge in [-0.05, 0) is 19.0 Å². The molecular weight excluding hydrogens is 242 g/mol. The van der Waals surface area contributed by atoms with E-state index in [1.54, 1.807) is 11.8 Å². The monoisotopic (exact) mass is 261 g/mol. The van der Waals surface area contributed by atoms with Crippen molar-refractivity contribution in [1.82, 2.24) is 25.3 Å². The van der Waals surface area contributed by atoms with Gasteiger partial charge in [-0.15, -0.1) is 5.10 Å². The minimum absolute atomic E-state index is 0.312. The summed E-state index contributed by atoms with van der Waals surface area (Å²) in [5.41, 5.74) is 2.16. The molecule has 0 aliphatic rings. The summed E-state index contributed by atoms with van der Waals surface area (Å²) in [6.45, 7) is 0. The molecule has 0 saturated carbocycles. The maximum Gasteiger partial charge on any atom is 0.212 e. The third kappa shape index (κ3) is 3.75. The van der Waals surface area contributed by atoms with Crippen molar-refractivity contribution in [1.29, 1.82) is 0 Å². The molecule has 1 N–H and O–H groups in total. The Bertz CT molecular complexity index is 508. The van der Waals surface area contributed by atoms with Crippen LogP contribution in [0.4, 0.5) is 0 Å². The van der Waals surface area contributed by atoms with Gasteiger partial charge in [0.25, 0.3) is 0 Å². The highest BCUT2D eigenvalue weighted by Crippen LogP contribution is 2.10. The highest BCUT2D eigenvalue weighted by Gasteiger charge is 2.11. The summed E-state index contributed by atoms with van der Waals surface area (Å²) < 4.78 is 6.77. The van der Waals surface area contributed by atoms with Gasteiger partial charge in [-0.1, -0.05) is 11.3 Å². The Kier molecular flexibility index (Phi) is 4.46. The Morgan fingerprint density at radius 1 is 1.37 bits per heavy atom. The van der Waals surface area contributed by atoms with Crippen LogP contribution >= 0.6 is 0 Å². The zero-order chi connectivity index (χ0) is 13.7. The van der Waals surface area contributed by atoms with E-state index in [0.717, 1.165) is 18.5 Å². The van der Waals surface area contributed by atoms with Crippen LogP contribution < -0.4 is 10.1 Å². The third-order valence-corrected chi connectivity index (χ3v) is 3.00. The molecule has 0 spiro atoms. The summed E-state index contributed by atoms with van der Waals surface area (Å²) >= 11 is 0. The lowest BCUT2D eigenvalue weighted by atomic mass is 10.0. The maximum atomic E-state index is 5.05. The number of nitrogens with one attached hydrogen (secondary N) is 1. The van der Waals surface area contributed by atoms with Crippen LogP contribution in [0.25, 0.3) is 0 Å². The van der Waals surface area contributed by atoms with E-state index in [2.05, 4.69) is 20.6 Å². The predicted octanol–water partition coefficient (Wildman–Crippen LogP) is 0.592. The van der Waals surface area contributed by atoms with E-state index in [-0.39, 0.29) is 0 Å². The van der Waals surface area contributed by atoms with E-state index in [1.165, 1.54) is 5.56 Å². The smallest absolute Gasteiger partial charge is 0.212 e. The number of ether oxygens (including phenoxy) is 1. The highest BCUT2D eigenvalue weighted by atomic mass is 16.5. The largest absolute Gasteiger partial charge is 0.481 e. The molecule has 102 valence electrons. The SMILES string of the molecule is CNC(Cc1ccc(OC)nc1)Cc1cn(C)nn1. The Labute approximate surface area is 112 Å². The van der Waals surface area contributed by atoms with Crippen LogP contribution in [-0.2, 0) is 19.9 Å². The normalized spacial score (nSPS) is 12.4. The Morgan fingerprint density at radius 3 is 2.74 bits per heavy atom. The second-order valence-electron chi connectivity index (χ2n) is 4.49. The van der Waals surface area contributed by atoms with Gasteiger partial charge in [0.1, 0.15) is 0 Å². The summed E-state index contributed by atoms with van der Waals surface area (Å²) in [7, 11) is 5.45. The van der Waals surface area contributed by atoms with Crippen molar-refractivity contribution in [2.75, 3.05) is 14.2 Å². The lowest BCUT2D eigenvalue weighted by Gasteiger charge is -2.14. The first-order valence-electron chi connectivity index (χ1n) is 6.22. The molecule has 0 aliphatic carbocycles. The molecular formula is C13H19N5O. The third-order valence-electron chi connectivity index (χ3n) is 3.00. The summed E-state index contributed by atoms with van der Waals surface area (Å²) in [5, 5.41) is 11.4. The second-order valence-corrected chi connectivity index (χ2v) is 4.49. The van der Waals surface area contributed by atoms with Crippen molar-refractivity contribution in [3.05, 3.63) is 35.8 Å². The minimum atomic E-state index is 0.312. The number of hydrogen-bond acceptors (Lipinski definition) is 5. The lowest BCUT2D eigenvalue weighted by Crippen LogP contribution is -2.30. The molecule has 2 aromatic heterocycles. The molecule has 2 rings (SSSR count). The van der Waals surface area contributed by atoms with Gasteiger partial charge < -0.3 is 10.1 Å². The van der Waals surface area contributed by atoms with Gasteiger partial charge in [0.2, 0.25) is 5.88 Å². The summed E-state index contributed by atoms with van der Waals surface area (Å²) in [4.78, 5) is 4.21. The van der Waals surface area contributed by atoms with Crippen LogP contribution in [0.3, 0.4) is 0 Å². The number of rotatable bonds is 6. The lowest BCUT2D eigenvalue weighted by molar-refractivity contribution is 0.397. The average Bonchev–Trinajstić information content (AvgIpc) is 2.84. The van der Waals surface area contributed by atoms with E-state index >= 15 is 0 Å². The summed E-state index contributed by atoms with van der Waals surface area (Å²) in [6, 6.07) is 4.23. The van der Waals surface area contributed by atoms with E-state index in [0.29, 0.717) is 11.9 Å². The maximum absolute atomic E-state index is 5.05. The number of aryl methyl sites for hydroxylation is 1. The quantitative estimate of drug-likeness (QED) is 0.824. The number of aromatic nitrogens is 4. The number of pyridine rings is 1. The van der Waals surface area contributed by atoms with Gasteiger partial charge in [0.05, 0.1) is 12.8 Å². The number of nitrogens with zero attached hydrogens (tertiary/aromatic N) is 4. The van der Waals surface area contributed by atoms with Crippen LogP contribution in [0.15, 0.2) is 24.5 Å². The topological polar surface area (TPSA) is 64.9 Å². The first-order valence-corrected chi connectivity index (χ1v) is 6.22. The van der Waals surface area contributed by atoms with Crippen molar-refractivity contribution in [2.45, 2.75) is 18.9 Å². The van der Waals surface area contributed by atoms with Crippen LogP contribution in [0.1, 0.15) is 11.3 Å². The zero-order valence-corrected chi connectivity index (χ0v) is 11.5. The molecule has 0 radical (unpaired) electrons. The number of hydrogen-bond donors (Lipinski definition) is 1. The molecule has 0 amide bonds. The van der Waals surface area contributed by atoms with E-state index in [4.69, 9.17) is 4.74 Å². The van der Waals surface area contributed by atoms with E-state index < -0.39 is 0 Å². The summed E-state index contributed by atoms with van der Waals surface area (Å²) in [5.74, 6) is 0.638. The molecule has 0 aliphatic heterocycles. The van der Waals surface area contributed by atoms with E-state index in [9.17, 15) is 0 Å². The first kappa shape index (κ1) is 13.5. The molecule has 2 heterocycles. The average molecular weight is 261 g/mol. The molecule has 6 heteroatoms. The molecule has 0 aromatic carbocycles. The number of likely N-dealkylation sites (N-methyl/N-ethyl adjacent to an activating group) is 1. The molecule has 6 nitrogen and oxygen atoms in total. The van der Waals surface area contributed by atoms with Gasteiger partial charge in [0.15, 0.2) is 0 Å². The Balaban J connectivity index is 1.97. The van der Waals surface area contributed by atoms with Crippen LogP contribution in [-0.4, -0.2) is 40.2 Å². The van der Waals surface area contributed by atoms with Gasteiger partial charge in [-0.3, -0.25) is 4.68 Å². The van der Waals surface area contributed by atoms with Crippen molar-refractivity contribution < 1.29 is 4.74 Å². The van der Waals surface area contributed by atoms with Crippen molar-refractivity contribution in [3.63, 3.8) is 0 Å². The van der Waals surface area contributed by atoms with Gasteiger partial charge in [-0.25, -0.2) is 4.98 Å². The van der Waals surface area contributed by atoms with Crippen LogP contribution in [0, 0.1) is 0 Å². The molecule has 1 unspecified atom stereocenters. The molecule has 0 saturated heterocycles. The Morgan fingerprint density at radius 2 is 2.21 bits per heavy atom. The fraction of sp³-hybridized carbons (Fsp3) is 0.462. The van der Waals surface area contributed by atoms with Crippen molar-refractivity contribution >= 4 is 0 Å². The highest BCUT2D eigenvalue weighted by molar-refractivity contribution is 5.19. The van der Waals surface area contributed by atoms with Crippen molar-refractivity contribution in [2.24, 2.45) is 7.05 Å². The summed E-state index contributed by atoms with van der Waals surface area (Å²) in [6.07, 6.45) is 5.52. The fourth-order valence-electron chi connectivity index (χ4n) is 1.95. The standard InChI is InChI=1S/C13H19N5O/c1-14-11(7-12-9-18(2)17-16-12)6-10-4-5-13(19-3)15-8-10/h4-5,8-9,11,14H,6-7H2,1-3H3. The first-order chi connectivity index (χ1) is 9.21. The van der Waals surface area contributed by atoms with Gasteiger partial charge in [-0.2, -0.15) is 0 Å². The van der Waals surface area contributed by atoms with Crippen LogP contribution in [0.2, 0.25) is 0 Å². The zero-order valence-electron chi connectivity index (χ0n) is 11.5. The van der Waals surface area contributed by atoms with Gasteiger partial charge >= 0.3 is 0 Å². The number of methoxy groups -OCH3 is 1. The predicted molar refractivity (Wildman–Crippen MR) is 72.0 cm³/mol. The molecule has 19 heavy (non-hydrogen) atoms. The van der Waals surface area contributed by atoms with Crippen LogP contribution in [0.5, 0.6) is 5.88 Å². The Hall–Kier alpha value is -1.95.